The Labute approximate surface area is 125 Å². The fraction of sp³-hybridized carbons (Fsp3) is 0.400. The first-order valence-corrected chi connectivity index (χ1v) is 6.45. The molecule has 104 valence electrons. The van der Waals surface area contributed by atoms with E-state index in [1.807, 2.05) is 37.4 Å². The van der Waals surface area contributed by atoms with Gasteiger partial charge in [-0.25, -0.2) is 0 Å². The molecule has 0 aromatic heterocycles. The lowest BCUT2D eigenvalue weighted by Crippen LogP contribution is -2.30. The Kier molecular flexibility index (Phi) is 6.09. The normalized spacial score (nSPS) is 13.6. The fourth-order valence-corrected chi connectivity index (χ4v) is 2.07. The molecule has 19 heavy (non-hydrogen) atoms. The molecule has 1 aromatic rings. The number of hydrogen-bond acceptors (Lipinski definition) is 3. The average Bonchev–Trinajstić information content (AvgIpc) is 2.78. The van der Waals surface area contributed by atoms with Crippen LogP contribution in [0.4, 0.5) is 0 Å². The number of halogens is 1. The first kappa shape index (κ1) is 15.8. The van der Waals surface area contributed by atoms with E-state index in [0.29, 0.717) is 6.54 Å². The Morgan fingerprint density at radius 3 is 2.42 bits per heavy atom. The minimum absolute atomic E-state index is 0. The van der Waals surface area contributed by atoms with Gasteiger partial charge in [-0.05, 0) is 13.3 Å². The second-order valence-electron chi connectivity index (χ2n) is 4.79. The largest absolute Gasteiger partial charge is 0.359 e. The zero-order chi connectivity index (χ0) is 13.0. The Hall–Kier alpha value is -1.29. The van der Waals surface area contributed by atoms with E-state index in [1.54, 1.807) is 0 Å². The molecule has 0 radical (unpaired) electrons. The quantitative estimate of drug-likeness (QED) is 0.777. The van der Waals surface area contributed by atoms with Crippen LogP contribution in [0.15, 0.2) is 36.7 Å². The van der Waals surface area contributed by atoms with Crippen molar-refractivity contribution in [3.63, 3.8) is 0 Å². The molecule has 0 aliphatic carbocycles. The van der Waals surface area contributed by atoms with Crippen molar-refractivity contribution in [3.8, 4) is 0 Å². The molecular weight excluding hydrogens is 304 g/mol. The Morgan fingerprint density at radius 2 is 1.79 bits per heavy atom. The van der Waals surface area contributed by atoms with E-state index >= 15 is 0 Å². The van der Waals surface area contributed by atoms with Crippen molar-refractivity contribution >= 4 is 22.8 Å². The number of carbonyl (C=O) groups is 1. The van der Waals surface area contributed by atoms with E-state index in [2.05, 4.69) is 22.9 Å². The third-order valence-corrected chi connectivity index (χ3v) is 3.08. The zero-order valence-electron chi connectivity index (χ0n) is 11.5. The molecule has 0 fully saturated rings. The minimum Gasteiger partial charge on any atom is -0.359 e. The summed E-state index contributed by atoms with van der Waals surface area (Å²) in [7, 11) is 0. The molecule has 0 atom stereocenters. The highest BCUT2D eigenvalue weighted by atomic mass is 79.9. The Bertz CT molecular complexity index is 442. The third kappa shape index (κ3) is 4.39. The smallest absolute Gasteiger partial charge is 0.182 e. The van der Waals surface area contributed by atoms with Crippen LogP contribution in [-0.2, 0) is 0 Å². The molecule has 1 aliphatic rings. The lowest BCUT2D eigenvalue weighted by Gasteiger charge is -2.20. The van der Waals surface area contributed by atoms with Gasteiger partial charge >= 0.3 is 0 Å². The summed E-state index contributed by atoms with van der Waals surface area (Å²) in [6.45, 7) is 6.52. The molecule has 0 saturated carbocycles. The van der Waals surface area contributed by atoms with Crippen LogP contribution in [-0.4, -0.2) is 35.3 Å². The van der Waals surface area contributed by atoms with Gasteiger partial charge in [0.15, 0.2) is 5.78 Å². The number of nitrogens with zero attached hydrogens (tertiary/aromatic N) is 2. The SMILES string of the molecule is Br.CCCN1C=CN(CC(=O)c2ccc(C)cc2)C1. The highest BCUT2D eigenvalue weighted by Crippen LogP contribution is 2.10. The molecule has 1 aliphatic heterocycles. The monoisotopic (exact) mass is 324 g/mol. The summed E-state index contributed by atoms with van der Waals surface area (Å²) in [5, 5.41) is 0. The molecule has 1 aromatic carbocycles. The molecule has 0 bridgehead atoms. The maximum Gasteiger partial charge on any atom is 0.182 e. The van der Waals surface area contributed by atoms with E-state index in [-0.39, 0.29) is 22.8 Å². The maximum atomic E-state index is 12.1. The second kappa shape index (κ2) is 7.34. The van der Waals surface area contributed by atoms with E-state index in [1.165, 1.54) is 5.56 Å². The van der Waals surface area contributed by atoms with Crippen LogP contribution in [0, 0.1) is 6.92 Å². The predicted molar refractivity (Wildman–Crippen MR) is 83.5 cm³/mol. The number of ketones is 1. The van der Waals surface area contributed by atoms with Gasteiger partial charge in [0.05, 0.1) is 13.2 Å². The van der Waals surface area contributed by atoms with E-state index in [4.69, 9.17) is 0 Å². The number of hydrogen-bond donors (Lipinski definition) is 0. The maximum absolute atomic E-state index is 12.1. The van der Waals surface area contributed by atoms with E-state index in [0.717, 1.165) is 25.2 Å². The van der Waals surface area contributed by atoms with Crippen LogP contribution < -0.4 is 0 Å². The standard InChI is InChI=1S/C15H20N2O.BrH/c1-3-8-16-9-10-17(12-16)11-15(18)14-6-4-13(2)5-7-14;/h4-7,9-10H,3,8,11-12H2,1-2H3;1H. The number of aryl methyl sites for hydroxylation is 1. The summed E-state index contributed by atoms with van der Waals surface area (Å²) in [6.07, 6.45) is 5.19. The van der Waals surface area contributed by atoms with Gasteiger partial charge in [0, 0.05) is 24.5 Å². The van der Waals surface area contributed by atoms with Crippen LogP contribution in [0.5, 0.6) is 0 Å². The molecule has 1 heterocycles. The lowest BCUT2D eigenvalue weighted by molar-refractivity contribution is 0.0945. The van der Waals surface area contributed by atoms with Gasteiger partial charge in [0.2, 0.25) is 0 Å². The third-order valence-electron chi connectivity index (χ3n) is 3.08. The van der Waals surface area contributed by atoms with Gasteiger partial charge in [0.25, 0.3) is 0 Å². The Morgan fingerprint density at radius 1 is 1.16 bits per heavy atom. The Balaban J connectivity index is 0.00000180. The molecule has 0 spiro atoms. The van der Waals surface area contributed by atoms with Gasteiger partial charge in [-0.3, -0.25) is 4.79 Å². The average molecular weight is 325 g/mol. The molecule has 0 unspecified atom stereocenters. The predicted octanol–water partition coefficient (Wildman–Crippen LogP) is 3.21. The van der Waals surface area contributed by atoms with Crippen LogP contribution in [0.3, 0.4) is 0 Å². The van der Waals surface area contributed by atoms with Gasteiger partial charge < -0.3 is 9.80 Å². The van der Waals surface area contributed by atoms with Crippen LogP contribution in [0.25, 0.3) is 0 Å². The number of Topliss-reactive ketones (excluding diaryl/α,β-unsaturated/α-hetero) is 1. The van der Waals surface area contributed by atoms with Crippen LogP contribution in [0.2, 0.25) is 0 Å². The first-order chi connectivity index (χ1) is 8.69. The van der Waals surface area contributed by atoms with Crippen molar-refractivity contribution in [3.05, 3.63) is 47.8 Å². The van der Waals surface area contributed by atoms with Crippen LogP contribution >= 0.6 is 17.0 Å². The summed E-state index contributed by atoms with van der Waals surface area (Å²) in [5.41, 5.74) is 1.98. The highest BCUT2D eigenvalue weighted by Gasteiger charge is 2.15. The lowest BCUT2D eigenvalue weighted by atomic mass is 10.1. The summed E-state index contributed by atoms with van der Waals surface area (Å²) in [5.74, 6) is 0.179. The fourth-order valence-electron chi connectivity index (χ4n) is 2.07. The number of benzene rings is 1. The molecule has 0 amide bonds. The van der Waals surface area contributed by atoms with Crippen molar-refractivity contribution in [1.29, 1.82) is 0 Å². The van der Waals surface area contributed by atoms with Crippen molar-refractivity contribution in [2.24, 2.45) is 0 Å². The van der Waals surface area contributed by atoms with Crippen molar-refractivity contribution in [2.45, 2.75) is 20.3 Å². The summed E-state index contributed by atoms with van der Waals surface area (Å²) < 4.78 is 0. The molecule has 0 saturated heterocycles. The topological polar surface area (TPSA) is 23.6 Å². The number of carbonyl (C=O) groups excluding carboxylic acids is 1. The molecule has 4 heteroatoms. The number of rotatable bonds is 5. The van der Waals surface area contributed by atoms with Crippen molar-refractivity contribution < 1.29 is 4.79 Å². The minimum atomic E-state index is 0. The second-order valence-corrected chi connectivity index (χ2v) is 4.79. The van der Waals surface area contributed by atoms with Gasteiger partial charge in [0.1, 0.15) is 0 Å². The van der Waals surface area contributed by atoms with Gasteiger partial charge in [-0.1, -0.05) is 36.8 Å². The first-order valence-electron chi connectivity index (χ1n) is 6.45. The molecule has 0 N–H and O–H groups in total. The van der Waals surface area contributed by atoms with Gasteiger partial charge in [-0.15, -0.1) is 17.0 Å². The molecule has 3 nitrogen and oxygen atoms in total. The summed E-state index contributed by atoms with van der Waals surface area (Å²) in [6, 6.07) is 7.77. The zero-order valence-corrected chi connectivity index (χ0v) is 13.2. The van der Waals surface area contributed by atoms with E-state index in [9.17, 15) is 4.79 Å². The van der Waals surface area contributed by atoms with Crippen molar-refractivity contribution in [2.75, 3.05) is 19.8 Å². The van der Waals surface area contributed by atoms with E-state index < -0.39 is 0 Å². The van der Waals surface area contributed by atoms with Crippen LogP contribution in [0.1, 0.15) is 29.3 Å². The highest BCUT2D eigenvalue weighted by molar-refractivity contribution is 8.93. The summed E-state index contributed by atoms with van der Waals surface area (Å²) in [4.78, 5) is 16.4. The molecule has 2 rings (SSSR count). The molecular formula is C15H21BrN2O. The van der Waals surface area contributed by atoms with Crippen molar-refractivity contribution in [1.82, 2.24) is 9.80 Å². The van der Waals surface area contributed by atoms with Gasteiger partial charge in [-0.2, -0.15) is 0 Å². The summed E-state index contributed by atoms with van der Waals surface area (Å²) >= 11 is 0.